The van der Waals surface area contributed by atoms with Crippen LogP contribution in [0.3, 0.4) is 0 Å². The third-order valence-electron chi connectivity index (χ3n) is 3.25. The van der Waals surface area contributed by atoms with E-state index in [1.54, 1.807) is 24.4 Å². The molecule has 120 valence electrons. The summed E-state index contributed by atoms with van der Waals surface area (Å²) in [7, 11) is 1.51. The van der Waals surface area contributed by atoms with Crippen LogP contribution in [0.25, 0.3) is 0 Å². The molecule has 0 heterocycles. The van der Waals surface area contributed by atoms with Crippen LogP contribution in [0, 0.1) is 0 Å². The van der Waals surface area contributed by atoms with Gasteiger partial charge >= 0.3 is 5.97 Å². The van der Waals surface area contributed by atoms with Crippen LogP contribution in [0.4, 0.5) is 5.69 Å². The molecule has 0 spiro atoms. The maximum atomic E-state index is 10.6. The SMILES string of the molecule is CCc1ccc(N=Cc2ccc(OCC(=O)O)c(OC)c2)cc1. The van der Waals surface area contributed by atoms with E-state index in [9.17, 15) is 4.79 Å². The fourth-order valence-electron chi connectivity index (χ4n) is 1.99. The van der Waals surface area contributed by atoms with Crippen molar-refractivity contribution in [3.8, 4) is 11.5 Å². The lowest BCUT2D eigenvalue weighted by Crippen LogP contribution is -2.10. The highest BCUT2D eigenvalue weighted by atomic mass is 16.5. The van der Waals surface area contributed by atoms with E-state index in [0.717, 1.165) is 17.7 Å². The number of aliphatic carboxylic acids is 1. The van der Waals surface area contributed by atoms with Crippen molar-refractivity contribution in [1.82, 2.24) is 0 Å². The monoisotopic (exact) mass is 313 g/mol. The summed E-state index contributed by atoms with van der Waals surface area (Å²) in [4.78, 5) is 15.0. The zero-order valence-electron chi connectivity index (χ0n) is 13.2. The molecule has 2 aromatic rings. The molecule has 0 amide bonds. The first-order valence-corrected chi connectivity index (χ1v) is 7.28. The van der Waals surface area contributed by atoms with Gasteiger partial charge in [0.1, 0.15) is 0 Å². The van der Waals surface area contributed by atoms with Gasteiger partial charge in [0.05, 0.1) is 12.8 Å². The van der Waals surface area contributed by atoms with Crippen LogP contribution in [-0.4, -0.2) is 31.0 Å². The predicted octanol–water partition coefficient (Wildman–Crippen LogP) is 3.47. The van der Waals surface area contributed by atoms with Crippen molar-refractivity contribution in [2.24, 2.45) is 4.99 Å². The third kappa shape index (κ3) is 4.85. The Balaban J connectivity index is 2.12. The first-order chi connectivity index (χ1) is 11.1. The highest BCUT2D eigenvalue weighted by Gasteiger charge is 2.07. The zero-order valence-corrected chi connectivity index (χ0v) is 13.2. The summed E-state index contributed by atoms with van der Waals surface area (Å²) in [5.41, 5.74) is 2.97. The number of benzene rings is 2. The van der Waals surface area contributed by atoms with Crippen LogP contribution in [0.15, 0.2) is 47.5 Å². The predicted molar refractivity (Wildman–Crippen MR) is 89.2 cm³/mol. The molecule has 1 N–H and O–H groups in total. The Morgan fingerprint density at radius 2 is 1.91 bits per heavy atom. The Morgan fingerprint density at radius 1 is 1.17 bits per heavy atom. The summed E-state index contributed by atoms with van der Waals surface area (Å²) in [5, 5.41) is 8.65. The van der Waals surface area contributed by atoms with Crippen LogP contribution in [0.1, 0.15) is 18.1 Å². The molecule has 5 heteroatoms. The van der Waals surface area contributed by atoms with Crippen LogP contribution < -0.4 is 9.47 Å². The number of hydrogen-bond donors (Lipinski definition) is 1. The Morgan fingerprint density at radius 3 is 2.52 bits per heavy atom. The molecule has 2 rings (SSSR count). The number of rotatable bonds is 7. The van der Waals surface area contributed by atoms with Gasteiger partial charge in [0.15, 0.2) is 18.1 Å². The average Bonchev–Trinajstić information content (AvgIpc) is 2.58. The van der Waals surface area contributed by atoms with E-state index in [1.807, 2.05) is 12.1 Å². The van der Waals surface area contributed by atoms with Crippen LogP contribution in [-0.2, 0) is 11.2 Å². The lowest BCUT2D eigenvalue weighted by atomic mass is 10.1. The van der Waals surface area contributed by atoms with E-state index in [1.165, 1.54) is 12.7 Å². The van der Waals surface area contributed by atoms with Gasteiger partial charge in [-0.15, -0.1) is 0 Å². The van der Waals surface area contributed by atoms with Gasteiger partial charge in [0, 0.05) is 6.21 Å². The van der Waals surface area contributed by atoms with Crippen LogP contribution in [0.2, 0.25) is 0 Å². The summed E-state index contributed by atoms with van der Waals surface area (Å²) < 4.78 is 10.4. The number of hydrogen-bond acceptors (Lipinski definition) is 4. The summed E-state index contributed by atoms with van der Waals surface area (Å²) >= 11 is 0. The molecule has 0 fully saturated rings. The van der Waals surface area contributed by atoms with E-state index in [4.69, 9.17) is 14.6 Å². The van der Waals surface area contributed by atoms with Crippen molar-refractivity contribution in [2.75, 3.05) is 13.7 Å². The van der Waals surface area contributed by atoms with Gasteiger partial charge in [-0.2, -0.15) is 0 Å². The standard InChI is InChI=1S/C18H19NO4/c1-3-13-4-7-15(8-5-13)19-11-14-6-9-16(17(10-14)22-2)23-12-18(20)21/h4-11H,3,12H2,1-2H3,(H,20,21). The van der Waals surface area contributed by atoms with Crippen LogP contribution in [0.5, 0.6) is 11.5 Å². The lowest BCUT2D eigenvalue weighted by molar-refractivity contribution is -0.139. The number of aliphatic imine (C=N–C) groups is 1. The molecule has 0 radical (unpaired) electrons. The van der Waals surface area contributed by atoms with Crippen molar-refractivity contribution >= 4 is 17.9 Å². The second-order valence-electron chi connectivity index (χ2n) is 4.87. The first kappa shape index (κ1) is 16.5. The maximum absolute atomic E-state index is 10.6. The average molecular weight is 313 g/mol. The normalized spacial score (nSPS) is 10.7. The Hall–Kier alpha value is -2.82. The minimum absolute atomic E-state index is 0.388. The molecule has 0 aliphatic carbocycles. The molecule has 23 heavy (non-hydrogen) atoms. The van der Waals surface area contributed by atoms with Gasteiger partial charge in [-0.25, -0.2) is 4.79 Å². The number of carbonyl (C=O) groups is 1. The fourth-order valence-corrected chi connectivity index (χ4v) is 1.99. The molecule has 0 aliphatic heterocycles. The van der Waals surface area contributed by atoms with Crippen molar-refractivity contribution in [1.29, 1.82) is 0 Å². The molecular formula is C18H19NO4. The van der Waals surface area contributed by atoms with E-state index in [2.05, 4.69) is 24.0 Å². The summed E-state index contributed by atoms with van der Waals surface area (Å²) in [6.07, 6.45) is 2.73. The van der Waals surface area contributed by atoms with Gasteiger partial charge in [0.2, 0.25) is 0 Å². The molecule has 0 atom stereocenters. The number of nitrogens with zero attached hydrogens (tertiary/aromatic N) is 1. The highest BCUT2D eigenvalue weighted by molar-refractivity contribution is 5.83. The Labute approximate surface area is 135 Å². The van der Waals surface area contributed by atoms with Gasteiger partial charge in [-0.3, -0.25) is 4.99 Å². The van der Waals surface area contributed by atoms with Crippen molar-refractivity contribution < 1.29 is 19.4 Å². The van der Waals surface area contributed by atoms with Crippen molar-refractivity contribution in [3.63, 3.8) is 0 Å². The Kier molecular flexibility index (Phi) is 5.74. The summed E-state index contributed by atoms with van der Waals surface area (Å²) in [6.45, 7) is 1.70. The van der Waals surface area contributed by atoms with Crippen LogP contribution >= 0.6 is 0 Å². The molecule has 0 saturated carbocycles. The molecule has 0 aliphatic rings. The van der Waals surface area contributed by atoms with E-state index >= 15 is 0 Å². The molecule has 0 aromatic heterocycles. The summed E-state index contributed by atoms with van der Waals surface area (Å²) in [5.74, 6) is -0.177. The van der Waals surface area contributed by atoms with Gasteiger partial charge in [0.25, 0.3) is 0 Å². The molecule has 5 nitrogen and oxygen atoms in total. The lowest BCUT2D eigenvalue weighted by Gasteiger charge is -2.09. The number of aryl methyl sites for hydroxylation is 1. The number of ether oxygens (including phenoxy) is 2. The molecule has 0 bridgehead atoms. The smallest absolute Gasteiger partial charge is 0.341 e. The van der Waals surface area contributed by atoms with Gasteiger partial charge in [-0.1, -0.05) is 19.1 Å². The quantitative estimate of drug-likeness (QED) is 0.795. The number of carboxylic acid groups (broad SMARTS) is 1. The summed E-state index contributed by atoms with van der Waals surface area (Å²) in [6, 6.07) is 13.3. The Bertz CT molecular complexity index is 693. The zero-order chi connectivity index (χ0) is 16.7. The molecule has 0 saturated heterocycles. The molecule has 0 unspecified atom stereocenters. The van der Waals surface area contributed by atoms with Crippen molar-refractivity contribution in [2.45, 2.75) is 13.3 Å². The van der Waals surface area contributed by atoms with Gasteiger partial charge < -0.3 is 14.6 Å². The fraction of sp³-hybridized carbons (Fsp3) is 0.222. The minimum Gasteiger partial charge on any atom is -0.493 e. The van der Waals surface area contributed by atoms with E-state index in [-0.39, 0.29) is 0 Å². The number of methoxy groups -OCH3 is 1. The molecule has 2 aromatic carbocycles. The first-order valence-electron chi connectivity index (χ1n) is 7.28. The topological polar surface area (TPSA) is 68.1 Å². The van der Waals surface area contributed by atoms with E-state index < -0.39 is 12.6 Å². The third-order valence-corrected chi connectivity index (χ3v) is 3.25. The van der Waals surface area contributed by atoms with Gasteiger partial charge in [-0.05, 0) is 47.9 Å². The highest BCUT2D eigenvalue weighted by Crippen LogP contribution is 2.27. The van der Waals surface area contributed by atoms with Crippen molar-refractivity contribution in [3.05, 3.63) is 53.6 Å². The largest absolute Gasteiger partial charge is 0.493 e. The number of carboxylic acids is 1. The second kappa shape index (κ2) is 7.98. The molecular weight excluding hydrogens is 294 g/mol. The second-order valence-corrected chi connectivity index (χ2v) is 4.87. The maximum Gasteiger partial charge on any atom is 0.341 e. The van der Waals surface area contributed by atoms with E-state index in [0.29, 0.717) is 11.5 Å². The minimum atomic E-state index is -1.03.